The highest BCUT2D eigenvalue weighted by atomic mass is 16.6. The van der Waals surface area contributed by atoms with Crippen LogP contribution in [-0.4, -0.2) is 38.2 Å². The molecule has 0 aromatic heterocycles. The minimum Gasteiger partial charge on any atom is -0.493 e. The summed E-state index contributed by atoms with van der Waals surface area (Å²) < 4.78 is 15.4. The van der Waals surface area contributed by atoms with E-state index >= 15 is 0 Å². The summed E-state index contributed by atoms with van der Waals surface area (Å²) in [5.74, 6) is 0.446. The van der Waals surface area contributed by atoms with Gasteiger partial charge in [-0.15, -0.1) is 0 Å². The molecule has 18 heavy (non-hydrogen) atoms. The van der Waals surface area contributed by atoms with Crippen molar-refractivity contribution in [3.8, 4) is 11.5 Å². The lowest BCUT2D eigenvalue weighted by molar-refractivity contribution is -0.129. The molecule has 96 valence electrons. The van der Waals surface area contributed by atoms with E-state index in [1.807, 2.05) is 0 Å². The first kappa shape index (κ1) is 12.2. The molecule has 6 heteroatoms. The first-order valence-corrected chi connectivity index (χ1v) is 5.29. The standard InChI is InChI=1S/C12H13NO5/c1-13-11(14)10(18-12(13)15)7-5-4-6-8(16-2)9(7)17-3/h4-6,10H,1-3H3. The third-order valence-corrected chi connectivity index (χ3v) is 2.76. The van der Waals surface area contributed by atoms with Crippen LogP contribution >= 0.6 is 0 Å². The lowest BCUT2D eigenvalue weighted by atomic mass is 10.1. The number of hydrogen-bond acceptors (Lipinski definition) is 5. The van der Waals surface area contributed by atoms with Crippen LogP contribution in [0.5, 0.6) is 11.5 Å². The van der Waals surface area contributed by atoms with Crippen molar-refractivity contribution in [2.24, 2.45) is 0 Å². The smallest absolute Gasteiger partial charge is 0.417 e. The first-order chi connectivity index (χ1) is 8.60. The molecule has 1 aliphatic rings. The molecule has 2 rings (SSSR count). The van der Waals surface area contributed by atoms with Crippen LogP contribution in [0.1, 0.15) is 11.7 Å². The summed E-state index contributed by atoms with van der Waals surface area (Å²) in [6.45, 7) is 0. The Kier molecular flexibility index (Phi) is 3.10. The first-order valence-electron chi connectivity index (χ1n) is 5.29. The number of carbonyl (C=O) groups excluding carboxylic acids is 2. The zero-order valence-corrected chi connectivity index (χ0v) is 10.3. The van der Waals surface area contributed by atoms with Gasteiger partial charge in [0.15, 0.2) is 11.5 Å². The summed E-state index contributed by atoms with van der Waals surface area (Å²) in [5, 5.41) is 0. The summed E-state index contributed by atoms with van der Waals surface area (Å²) in [5.41, 5.74) is 0.472. The zero-order valence-electron chi connectivity index (χ0n) is 10.3. The van der Waals surface area contributed by atoms with Gasteiger partial charge in [-0.2, -0.15) is 0 Å². The van der Waals surface area contributed by atoms with Gasteiger partial charge in [-0.3, -0.25) is 4.79 Å². The second kappa shape index (κ2) is 4.56. The highest BCUT2D eigenvalue weighted by Gasteiger charge is 2.41. The highest BCUT2D eigenvalue weighted by Crippen LogP contribution is 2.38. The Bertz CT molecular complexity index is 499. The molecule has 0 aliphatic carbocycles. The van der Waals surface area contributed by atoms with E-state index in [2.05, 4.69) is 0 Å². The molecular formula is C12H13NO5. The fourth-order valence-corrected chi connectivity index (χ4v) is 1.81. The number of imide groups is 1. The maximum Gasteiger partial charge on any atom is 0.417 e. The Morgan fingerprint density at radius 3 is 2.44 bits per heavy atom. The van der Waals surface area contributed by atoms with E-state index in [1.54, 1.807) is 18.2 Å². The van der Waals surface area contributed by atoms with Crippen molar-refractivity contribution in [2.75, 3.05) is 21.3 Å². The third-order valence-electron chi connectivity index (χ3n) is 2.76. The summed E-state index contributed by atoms with van der Waals surface area (Å²) in [6.07, 6.45) is -1.65. The molecule has 6 nitrogen and oxygen atoms in total. The van der Waals surface area contributed by atoms with E-state index in [0.29, 0.717) is 17.1 Å². The lowest BCUT2D eigenvalue weighted by Crippen LogP contribution is -2.24. The maximum absolute atomic E-state index is 11.9. The second-order valence-electron chi connectivity index (χ2n) is 3.74. The summed E-state index contributed by atoms with van der Waals surface area (Å²) >= 11 is 0. The molecule has 0 bridgehead atoms. The predicted octanol–water partition coefficient (Wildman–Crippen LogP) is 1.35. The van der Waals surface area contributed by atoms with Gasteiger partial charge in [0.05, 0.1) is 14.2 Å². The number of rotatable bonds is 3. The van der Waals surface area contributed by atoms with Crippen molar-refractivity contribution >= 4 is 12.0 Å². The number of amides is 2. The molecule has 1 aromatic rings. The average molecular weight is 251 g/mol. The Labute approximate surface area is 104 Å². The molecule has 1 fully saturated rings. The van der Waals surface area contributed by atoms with E-state index in [4.69, 9.17) is 14.2 Å². The molecule has 1 saturated heterocycles. The molecule has 0 radical (unpaired) electrons. The van der Waals surface area contributed by atoms with Crippen LogP contribution in [0.2, 0.25) is 0 Å². The van der Waals surface area contributed by atoms with Crippen LogP contribution in [-0.2, 0) is 9.53 Å². The van der Waals surface area contributed by atoms with Gasteiger partial charge in [-0.25, -0.2) is 9.69 Å². The molecule has 1 aromatic carbocycles. The van der Waals surface area contributed by atoms with Gasteiger partial charge in [0, 0.05) is 12.6 Å². The van der Waals surface area contributed by atoms with E-state index in [0.717, 1.165) is 4.90 Å². The Balaban J connectivity index is 2.46. The van der Waals surface area contributed by atoms with Crippen LogP contribution in [0.15, 0.2) is 18.2 Å². The number of cyclic esters (lactones) is 1. The molecule has 1 atom stereocenters. The van der Waals surface area contributed by atoms with Crippen molar-refractivity contribution in [1.29, 1.82) is 0 Å². The number of carbonyl (C=O) groups is 2. The zero-order chi connectivity index (χ0) is 13.3. The van der Waals surface area contributed by atoms with Crippen molar-refractivity contribution in [2.45, 2.75) is 6.10 Å². The molecule has 1 aliphatic heterocycles. The summed E-state index contributed by atoms with van der Waals surface area (Å²) in [4.78, 5) is 24.1. The number of ether oxygens (including phenoxy) is 3. The monoisotopic (exact) mass is 251 g/mol. The molecular weight excluding hydrogens is 238 g/mol. The van der Waals surface area contributed by atoms with Crippen molar-refractivity contribution in [3.63, 3.8) is 0 Å². The van der Waals surface area contributed by atoms with Crippen molar-refractivity contribution in [1.82, 2.24) is 4.90 Å². The number of para-hydroxylation sites is 1. The highest BCUT2D eigenvalue weighted by molar-refractivity contribution is 6.00. The molecule has 2 amide bonds. The van der Waals surface area contributed by atoms with E-state index in [9.17, 15) is 9.59 Å². The Morgan fingerprint density at radius 2 is 1.94 bits per heavy atom. The van der Waals surface area contributed by atoms with Crippen LogP contribution in [0.3, 0.4) is 0 Å². The van der Waals surface area contributed by atoms with E-state index < -0.39 is 18.1 Å². The molecule has 0 spiro atoms. The van der Waals surface area contributed by atoms with Gasteiger partial charge in [-0.05, 0) is 6.07 Å². The number of methoxy groups -OCH3 is 2. The van der Waals surface area contributed by atoms with Crippen molar-refractivity contribution < 1.29 is 23.8 Å². The van der Waals surface area contributed by atoms with Crippen LogP contribution < -0.4 is 9.47 Å². The van der Waals surface area contributed by atoms with Crippen LogP contribution in [0.4, 0.5) is 4.79 Å². The molecule has 1 heterocycles. The Hall–Kier alpha value is -2.24. The second-order valence-corrected chi connectivity index (χ2v) is 3.74. The minimum atomic E-state index is -0.979. The fourth-order valence-electron chi connectivity index (χ4n) is 1.81. The minimum absolute atomic E-state index is 0.390. The van der Waals surface area contributed by atoms with Crippen LogP contribution in [0.25, 0.3) is 0 Å². The number of benzene rings is 1. The number of nitrogens with zero attached hydrogens (tertiary/aromatic N) is 1. The average Bonchev–Trinajstić information content (AvgIpc) is 2.65. The van der Waals surface area contributed by atoms with Gasteiger partial charge in [0.2, 0.25) is 6.10 Å². The third kappa shape index (κ3) is 1.75. The number of hydrogen-bond donors (Lipinski definition) is 0. The predicted molar refractivity (Wildman–Crippen MR) is 61.5 cm³/mol. The number of likely N-dealkylation sites (N-methyl/N-ethyl adjacent to an activating group) is 1. The van der Waals surface area contributed by atoms with Gasteiger partial charge in [0.1, 0.15) is 0 Å². The Morgan fingerprint density at radius 1 is 1.22 bits per heavy atom. The molecule has 1 unspecified atom stereocenters. The molecule has 0 N–H and O–H groups in total. The van der Waals surface area contributed by atoms with E-state index in [1.165, 1.54) is 21.3 Å². The SMILES string of the molecule is COc1cccc(C2OC(=O)N(C)C2=O)c1OC. The van der Waals surface area contributed by atoms with Crippen molar-refractivity contribution in [3.05, 3.63) is 23.8 Å². The normalized spacial score (nSPS) is 18.8. The van der Waals surface area contributed by atoms with Gasteiger partial charge < -0.3 is 14.2 Å². The van der Waals surface area contributed by atoms with Crippen LogP contribution in [0, 0.1) is 0 Å². The maximum atomic E-state index is 11.9. The fraction of sp³-hybridized carbons (Fsp3) is 0.333. The van der Waals surface area contributed by atoms with E-state index in [-0.39, 0.29) is 0 Å². The lowest BCUT2D eigenvalue weighted by Gasteiger charge is -2.14. The van der Waals surface area contributed by atoms with Gasteiger partial charge in [-0.1, -0.05) is 12.1 Å². The molecule has 0 saturated carbocycles. The van der Waals surface area contributed by atoms with Gasteiger partial charge in [0.25, 0.3) is 5.91 Å². The topological polar surface area (TPSA) is 65.1 Å². The van der Waals surface area contributed by atoms with Gasteiger partial charge >= 0.3 is 6.09 Å². The summed E-state index contributed by atoms with van der Waals surface area (Å²) in [6, 6.07) is 5.07. The summed E-state index contributed by atoms with van der Waals surface area (Å²) in [7, 11) is 4.33. The quantitative estimate of drug-likeness (QED) is 0.811. The largest absolute Gasteiger partial charge is 0.493 e.